The highest BCUT2D eigenvalue weighted by Gasteiger charge is 2.17. The molecule has 5 heteroatoms. The zero-order valence-electron chi connectivity index (χ0n) is 11.1. The Morgan fingerprint density at radius 1 is 1.29 bits per heavy atom. The average Bonchev–Trinajstić information content (AvgIpc) is 2.93. The van der Waals surface area contributed by atoms with Crippen molar-refractivity contribution < 1.29 is 4.74 Å². The molecule has 1 N–H and O–H groups in total. The zero-order chi connectivity index (χ0) is 14.8. The molecule has 0 spiro atoms. The Kier molecular flexibility index (Phi) is 4.18. The zero-order valence-corrected chi connectivity index (χ0v) is 14.3. The molecule has 0 atom stereocenters. The van der Waals surface area contributed by atoms with Crippen LogP contribution in [0.25, 0.3) is 0 Å². The Morgan fingerprint density at radius 2 is 2.14 bits per heavy atom. The molecule has 0 bridgehead atoms. The molecule has 2 aromatic rings. The standard InChI is InChI=1S/C16H12Br2N2O/c17-12-6-10-4-5-21-16(10)11(7-12)9-20-15-3-1-2-14(18)13(15)8-19/h1-3,6-7,20H,4-5,9H2. The maximum atomic E-state index is 9.24. The minimum absolute atomic E-state index is 0.616. The van der Waals surface area contributed by atoms with E-state index >= 15 is 0 Å². The Hall–Kier alpha value is -1.51. The maximum absolute atomic E-state index is 9.24. The lowest BCUT2D eigenvalue weighted by atomic mass is 10.1. The summed E-state index contributed by atoms with van der Waals surface area (Å²) in [6.45, 7) is 1.35. The summed E-state index contributed by atoms with van der Waals surface area (Å²) in [6.07, 6.45) is 0.947. The second-order valence-electron chi connectivity index (χ2n) is 4.78. The quantitative estimate of drug-likeness (QED) is 0.806. The number of hydrogen-bond donors (Lipinski definition) is 1. The summed E-state index contributed by atoms with van der Waals surface area (Å²) in [6, 6.07) is 12.1. The van der Waals surface area contributed by atoms with Gasteiger partial charge in [0.1, 0.15) is 11.8 Å². The number of rotatable bonds is 3. The highest BCUT2D eigenvalue weighted by Crippen LogP contribution is 2.34. The van der Waals surface area contributed by atoms with Gasteiger partial charge >= 0.3 is 0 Å². The van der Waals surface area contributed by atoms with Gasteiger partial charge in [-0.2, -0.15) is 5.26 Å². The number of ether oxygens (including phenoxy) is 1. The molecule has 1 aliphatic rings. The van der Waals surface area contributed by atoms with E-state index < -0.39 is 0 Å². The van der Waals surface area contributed by atoms with E-state index in [1.54, 1.807) is 0 Å². The first-order valence-corrected chi connectivity index (χ1v) is 8.14. The Labute approximate surface area is 140 Å². The van der Waals surface area contributed by atoms with Gasteiger partial charge in [-0.05, 0) is 45.8 Å². The summed E-state index contributed by atoms with van der Waals surface area (Å²) in [5.41, 5.74) is 3.76. The van der Waals surface area contributed by atoms with Gasteiger partial charge in [-0.15, -0.1) is 0 Å². The monoisotopic (exact) mass is 406 g/mol. The van der Waals surface area contributed by atoms with Gasteiger partial charge in [-0.25, -0.2) is 0 Å². The molecule has 21 heavy (non-hydrogen) atoms. The fraction of sp³-hybridized carbons (Fsp3) is 0.188. The molecule has 3 rings (SSSR count). The van der Waals surface area contributed by atoms with Crippen LogP contribution in [-0.4, -0.2) is 6.61 Å². The van der Waals surface area contributed by atoms with Gasteiger partial charge in [0.05, 0.1) is 17.9 Å². The van der Waals surface area contributed by atoms with Crippen molar-refractivity contribution in [2.24, 2.45) is 0 Å². The summed E-state index contributed by atoms with van der Waals surface area (Å²) in [5.74, 6) is 0.971. The highest BCUT2D eigenvalue weighted by molar-refractivity contribution is 9.10. The normalized spacial score (nSPS) is 12.4. The molecule has 1 heterocycles. The first-order chi connectivity index (χ1) is 10.2. The number of nitrogens with zero attached hydrogens (tertiary/aromatic N) is 1. The van der Waals surface area contributed by atoms with Crippen molar-refractivity contribution in [3.8, 4) is 11.8 Å². The molecule has 0 radical (unpaired) electrons. The van der Waals surface area contributed by atoms with Crippen molar-refractivity contribution in [2.45, 2.75) is 13.0 Å². The largest absolute Gasteiger partial charge is 0.493 e. The van der Waals surface area contributed by atoms with Crippen LogP contribution in [0.3, 0.4) is 0 Å². The van der Waals surface area contributed by atoms with E-state index in [1.165, 1.54) is 5.56 Å². The predicted molar refractivity (Wildman–Crippen MR) is 89.5 cm³/mol. The van der Waals surface area contributed by atoms with Crippen LogP contribution in [0.1, 0.15) is 16.7 Å². The Bertz CT molecular complexity index is 738. The van der Waals surface area contributed by atoms with Gasteiger partial charge in [0.15, 0.2) is 0 Å². The molecule has 0 unspecified atom stereocenters. The van der Waals surface area contributed by atoms with E-state index in [4.69, 9.17) is 4.74 Å². The van der Waals surface area contributed by atoms with Crippen LogP contribution in [0.5, 0.6) is 5.75 Å². The smallest absolute Gasteiger partial charge is 0.127 e. The van der Waals surface area contributed by atoms with Crippen LogP contribution in [0.15, 0.2) is 39.3 Å². The molecule has 0 saturated heterocycles. The lowest BCUT2D eigenvalue weighted by Gasteiger charge is -2.12. The van der Waals surface area contributed by atoms with E-state index in [1.807, 2.05) is 18.2 Å². The third kappa shape index (κ3) is 2.92. The minimum atomic E-state index is 0.616. The molecule has 3 nitrogen and oxygen atoms in total. The molecular weight excluding hydrogens is 396 g/mol. The van der Waals surface area contributed by atoms with Crippen LogP contribution in [-0.2, 0) is 13.0 Å². The number of benzene rings is 2. The average molecular weight is 408 g/mol. The first kappa shape index (κ1) is 14.4. The second kappa shape index (κ2) is 6.08. The molecule has 106 valence electrons. The van der Waals surface area contributed by atoms with Crippen molar-refractivity contribution in [3.05, 3.63) is 56.0 Å². The first-order valence-electron chi connectivity index (χ1n) is 6.55. The third-order valence-electron chi connectivity index (χ3n) is 3.42. The number of nitrogens with one attached hydrogen (secondary N) is 1. The Balaban J connectivity index is 1.87. The molecular formula is C16H12Br2N2O. The number of fused-ring (bicyclic) bond motifs is 1. The van der Waals surface area contributed by atoms with E-state index in [-0.39, 0.29) is 0 Å². The number of hydrogen-bond acceptors (Lipinski definition) is 3. The molecule has 0 fully saturated rings. The van der Waals surface area contributed by atoms with Gasteiger partial charge in [-0.1, -0.05) is 22.0 Å². The summed E-state index contributed by atoms with van der Waals surface area (Å²) in [7, 11) is 0. The van der Waals surface area contributed by atoms with Crippen LogP contribution in [0.4, 0.5) is 5.69 Å². The molecule has 0 aromatic heterocycles. The third-order valence-corrected chi connectivity index (χ3v) is 4.54. The summed E-state index contributed by atoms with van der Waals surface area (Å²) < 4.78 is 7.57. The van der Waals surface area contributed by atoms with Crippen LogP contribution >= 0.6 is 31.9 Å². The van der Waals surface area contributed by atoms with Crippen molar-refractivity contribution >= 4 is 37.5 Å². The summed E-state index contributed by atoms with van der Waals surface area (Å²) in [5, 5.41) is 12.6. The fourth-order valence-electron chi connectivity index (χ4n) is 2.45. The van der Waals surface area contributed by atoms with E-state index in [9.17, 15) is 5.26 Å². The van der Waals surface area contributed by atoms with Crippen LogP contribution < -0.4 is 10.1 Å². The number of anilines is 1. The number of halogens is 2. The van der Waals surface area contributed by atoms with Gasteiger partial charge in [-0.3, -0.25) is 0 Å². The lowest BCUT2D eigenvalue weighted by Crippen LogP contribution is -2.03. The molecule has 0 saturated carbocycles. The van der Waals surface area contributed by atoms with Crippen LogP contribution in [0, 0.1) is 11.3 Å². The van der Waals surface area contributed by atoms with Gasteiger partial charge in [0.2, 0.25) is 0 Å². The predicted octanol–water partition coefficient (Wildman–Crippen LogP) is 4.63. The van der Waals surface area contributed by atoms with E-state index in [0.717, 1.165) is 39.0 Å². The molecule has 1 aliphatic heterocycles. The molecule has 0 aliphatic carbocycles. The number of nitriles is 1. The van der Waals surface area contributed by atoms with E-state index in [2.05, 4.69) is 55.4 Å². The van der Waals surface area contributed by atoms with Crippen LogP contribution in [0.2, 0.25) is 0 Å². The van der Waals surface area contributed by atoms with Gasteiger partial charge in [0, 0.05) is 27.5 Å². The van der Waals surface area contributed by atoms with Crippen molar-refractivity contribution in [3.63, 3.8) is 0 Å². The summed E-state index contributed by atoms with van der Waals surface area (Å²) in [4.78, 5) is 0. The fourth-order valence-corrected chi connectivity index (χ4v) is 3.46. The van der Waals surface area contributed by atoms with Crippen molar-refractivity contribution in [1.82, 2.24) is 0 Å². The highest BCUT2D eigenvalue weighted by atomic mass is 79.9. The van der Waals surface area contributed by atoms with Gasteiger partial charge < -0.3 is 10.1 Å². The van der Waals surface area contributed by atoms with E-state index in [0.29, 0.717) is 12.1 Å². The lowest BCUT2D eigenvalue weighted by molar-refractivity contribution is 0.354. The maximum Gasteiger partial charge on any atom is 0.127 e. The van der Waals surface area contributed by atoms with Crippen molar-refractivity contribution in [1.29, 1.82) is 5.26 Å². The molecule has 0 amide bonds. The minimum Gasteiger partial charge on any atom is -0.493 e. The SMILES string of the molecule is N#Cc1c(Br)cccc1NCc1cc(Br)cc2c1OCC2. The van der Waals surface area contributed by atoms with Crippen molar-refractivity contribution in [2.75, 3.05) is 11.9 Å². The summed E-state index contributed by atoms with van der Waals surface area (Å²) >= 11 is 6.94. The van der Waals surface area contributed by atoms with Gasteiger partial charge in [0.25, 0.3) is 0 Å². The second-order valence-corrected chi connectivity index (χ2v) is 6.55. The Morgan fingerprint density at radius 3 is 2.95 bits per heavy atom. The molecule has 2 aromatic carbocycles. The topological polar surface area (TPSA) is 45.0 Å².